The molecule has 0 spiro atoms. The van der Waals surface area contributed by atoms with Crippen LogP contribution in [0.3, 0.4) is 0 Å². The molecule has 2 rings (SSSR count). The van der Waals surface area contributed by atoms with Gasteiger partial charge in [0.1, 0.15) is 0 Å². The number of ether oxygens (including phenoxy) is 1. The number of nitrogens with one attached hydrogen (secondary N) is 1. The Balaban J connectivity index is 1.91. The molecule has 0 aromatic heterocycles. The molecule has 82 valence electrons. The summed E-state index contributed by atoms with van der Waals surface area (Å²) in [4.78, 5) is 2.53. The van der Waals surface area contributed by atoms with E-state index in [0.717, 1.165) is 6.61 Å². The van der Waals surface area contributed by atoms with Gasteiger partial charge in [-0.3, -0.25) is 0 Å². The Hall–Kier alpha value is -0.120. The molecule has 2 unspecified atom stereocenters. The van der Waals surface area contributed by atoms with E-state index in [1.165, 1.54) is 26.1 Å². The van der Waals surface area contributed by atoms with E-state index in [1.54, 1.807) is 0 Å². The fraction of sp³-hybridized carbons (Fsp3) is 1.00. The zero-order valence-corrected chi connectivity index (χ0v) is 9.55. The highest BCUT2D eigenvalue weighted by molar-refractivity contribution is 4.97. The zero-order chi connectivity index (χ0) is 10.2. The van der Waals surface area contributed by atoms with Crippen molar-refractivity contribution in [2.24, 2.45) is 5.92 Å². The molecule has 2 aliphatic rings. The van der Waals surface area contributed by atoms with Crippen LogP contribution in [0.15, 0.2) is 0 Å². The molecular formula is C11H22N2O. The molecule has 14 heavy (non-hydrogen) atoms. The van der Waals surface area contributed by atoms with E-state index in [1.807, 2.05) is 7.05 Å². The van der Waals surface area contributed by atoms with Gasteiger partial charge in [0, 0.05) is 18.5 Å². The third-order valence-corrected chi connectivity index (χ3v) is 3.64. The van der Waals surface area contributed by atoms with E-state index in [4.69, 9.17) is 4.74 Å². The topological polar surface area (TPSA) is 24.5 Å². The average Bonchev–Trinajstić information content (AvgIpc) is 2.33. The summed E-state index contributed by atoms with van der Waals surface area (Å²) in [6, 6.07) is 0.503. The second-order valence-electron chi connectivity index (χ2n) is 5.10. The summed E-state index contributed by atoms with van der Waals surface area (Å²) in [6.07, 6.45) is 1.38. The van der Waals surface area contributed by atoms with Gasteiger partial charge in [0.2, 0.25) is 0 Å². The molecule has 2 fully saturated rings. The van der Waals surface area contributed by atoms with Crippen LogP contribution in [0.25, 0.3) is 0 Å². The second kappa shape index (κ2) is 3.80. The number of hydrogen-bond acceptors (Lipinski definition) is 3. The molecule has 1 N–H and O–H groups in total. The van der Waals surface area contributed by atoms with Gasteiger partial charge in [-0.2, -0.15) is 0 Å². The van der Waals surface area contributed by atoms with Crippen LogP contribution < -0.4 is 5.32 Å². The molecule has 0 amide bonds. The van der Waals surface area contributed by atoms with Gasteiger partial charge in [0.15, 0.2) is 0 Å². The normalized spacial score (nSPS) is 37.1. The van der Waals surface area contributed by atoms with Crippen LogP contribution in [0.1, 0.15) is 20.3 Å². The van der Waals surface area contributed by atoms with Crippen molar-refractivity contribution in [2.45, 2.75) is 31.9 Å². The molecule has 2 atom stereocenters. The van der Waals surface area contributed by atoms with E-state index >= 15 is 0 Å². The molecule has 3 heteroatoms. The highest BCUT2D eigenvalue weighted by Gasteiger charge is 2.43. The minimum Gasteiger partial charge on any atom is -0.374 e. The van der Waals surface area contributed by atoms with Gasteiger partial charge in [0.25, 0.3) is 0 Å². The van der Waals surface area contributed by atoms with Crippen LogP contribution in [0.2, 0.25) is 0 Å². The summed E-state index contributed by atoms with van der Waals surface area (Å²) in [7, 11) is 2.05. The lowest BCUT2D eigenvalue weighted by molar-refractivity contribution is 0.0224. The molecule has 0 bridgehead atoms. The second-order valence-corrected chi connectivity index (χ2v) is 5.10. The molecule has 2 aliphatic heterocycles. The van der Waals surface area contributed by atoms with Crippen LogP contribution in [0.4, 0.5) is 0 Å². The largest absolute Gasteiger partial charge is 0.374 e. The maximum atomic E-state index is 5.84. The number of hydrogen-bond donors (Lipinski definition) is 1. The van der Waals surface area contributed by atoms with Gasteiger partial charge in [-0.15, -0.1) is 0 Å². The van der Waals surface area contributed by atoms with Crippen LogP contribution in [-0.2, 0) is 4.74 Å². The Bertz CT molecular complexity index is 201. The number of rotatable bonds is 3. The first-order valence-corrected chi connectivity index (χ1v) is 5.67. The van der Waals surface area contributed by atoms with Crippen LogP contribution in [0.5, 0.6) is 0 Å². The average molecular weight is 198 g/mol. The third kappa shape index (κ3) is 1.81. The van der Waals surface area contributed by atoms with Gasteiger partial charge in [-0.05, 0) is 40.4 Å². The molecular weight excluding hydrogens is 176 g/mol. The van der Waals surface area contributed by atoms with Crippen LogP contribution in [0, 0.1) is 5.92 Å². The molecule has 0 aromatic rings. The first-order chi connectivity index (χ1) is 6.63. The first-order valence-electron chi connectivity index (χ1n) is 5.67. The maximum Gasteiger partial charge on any atom is 0.0782 e. The number of nitrogens with zero attached hydrogens (tertiary/aromatic N) is 1. The summed E-state index contributed by atoms with van der Waals surface area (Å²) in [5.74, 6) is 0.662. The Kier molecular flexibility index (Phi) is 2.82. The van der Waals surface area contributed by atoms with Gasteiger partial charge in [0.05, 0.1) is 12.2 Å². The van der Waals surface area contributed by atoms with E-state index in [-0.39, 0.29) is 5.60 Å². The highest BCUT2D eigenvalue weighted by Crippen LogP contribution is 2.30. The van der Waals surface area contributed by atoms with Crippen molar-refractivity contribution in [1.29, 1.82) is 0 Å². The first kappa shape index (κ1) is 10.4. The molecule has 2 saturated heterocycles. The Labute approximate surface area is 86.8 Å². The van der Waals surface area contributed by atoms with E-state index < -0.39 is 0 Å². The molecule has 0 aliphatic carbocycles. The van der Waals surface area contributed by atoms with E-state index in [2.05, 4.69) is 24.1 Å². The summed E-state index contributed by atoms with van der Waals surface area (Å²) in [5, 5.41) is 3.41. The lowest BCUT2D eigenvalue weighted by Crippen LogP contribution is -2.50. The Morgan fingerprint density at radius 2 is 2.14 bits per heavy atom. The molecule has 0 saturated carbocycles. The minimum atomic E-state index is 0.00425. The van der Waals surface area contributed by atoms with Gasteiger partial charge < -0.3 is 15.0 Å². The van der Waals surface area contributed by atoms with Crippen molar-refractivity contribution in [3.05, 3.63) is 0 Å². The van der Waals surface area contributed by atoms with Crippen LogP contribution >= 0.6 is 0 Å². The lowest BCUT2D eigenvalue weighted by Gasteiger charge is -2.35. The standard InChI is InChI=1S/C11H22N2O/c1-11(2)10(12-3)9(8-14-11)7-13-5-4-6-13/h9-10,12H,4-8H2,1-3H3. The van der Waals surface area contributed by atoms with Crippen molar-refractivity contribution in [3.8, 4) is 0 Å². The Morgan fingerprint density at radius 3 is 2.64 bits per heavy atom. The SMILES string of the molecule is CNC1C(CN2CCC2)COC1(C)C. The fourth-order valence-corrected chi connectivity index (χ4v) is 2.71. The molecule has 3 nitrogen and oxygen atoms in total. The van der Waals surface area contributed by atoms with Crippen molar-refractivity contribution < 1.29 is 4.74 Å². The zero-order valence-electron chi connectivity index (χ0n) is 9.55. The summed E-state index contributed by atoms with van der Waals surface area (Å²) >= 11 is 0. The highest BCUT2D eigenvalue weighted by atomic mass is 16.5. The van der Waals surface area contributed by atoms with Crippen molar-refractivity contribution in [1.82, 2.24) is 10.2 Å². The molecule has 2 heterocycles. The molecule has 0 aromatic carbocycles. The number of likely N-dealkylation sites (N-methyl/N-ethyl adjacent to an activating group) is 1. The fourth-order valence-electron chi connectivity index (χ4n) is 2.71. The third-order valence-electron chi connectivity index (χ3n) is 3.64. The van der Waals surface area contributed by atoms with E-state index in [9.17, 15) is 0 Å². The van der Waals surface area contributed by atoms with Crippen molar-refractivity contribution >= 4 is 0 Å². The smallest absolute Gasteiger partial charge is 0.0782 e. The predicted molar refractivity (Wildman–Crippen MR) is 57.4 cm³/mol. The predicted octanol–water partition coefficient (Wildman–Crippen LogP) is 0.705. The van der Waals surface area contributed by atoms with Gasteiger partial charge in [-0.1, -0.05) is 0 Å². The minimum absolute atomic E-state index is 0.00425. The quantitative estimate of drug-likeness (QED) is 0.722. The van der Waals surface area contributed by atoms with Crippen LogP contribution in [-0.4, -0.2) is 49.8 Å². The molecule has 0 radical (unpaired) electrons. The van der Waals surface area contributed by atoms with Gasteiger partial charge in [-0.25, -0.2) is 0 Å². The van der Waals surface area contributed by atoms with Crippen molar-refractivity contribution in [2.75, 3.05) is 33.3 Å². The number of likely N-dealkylation sites (tertiary alicyclic amines) is 1. The Morgan fingerprint density at radius 1 is 1.43 bits per heavy atom. The lowest BCUT2D eigenvalue weighted by atomic mass is 9.90. The maximum absolute atomic E-state index is 5.84. The van der Waals surface area contributed by atoms with Crippen molar-refractivity contribution in [3.63, 3.8) is 0 Å². The summed E-state index contributed by atoms with van der Waals surface area (Å²) in [5.41, 5.74) is 0.00425. The monoisotopic (exact) mass is 198 g/mol. The van der Waals surface area contributed by atoms with E-state index in [0.29, 0.717) is 12.0 Å². The summed E-state index contributed by atoms with van der Waals surface area (Å²) < 4.78 is 5.84. The van der Waals surface area contributed by atoms with Gasteiger partial charge >= 0.3 is 0 Å². The summed E-state index contributed by atoms with van der Waals surface area (Å²) in [6.45, 7) is 9.05.